The second-order valence-electron chi connectivity index (χ2n) is 6.74. The molecular weight excluding hydrogens is 380 g/mol. The molecular formula is C21H20O8. The number of aliphatic hydroxyl groups is 2. The maximum atomic E-state index is 13.1. The minimum absolute atomic E-state index is 0.287. The van der Waals surface area contributed by atoms with Gasteiger partial charge in [-0.15, -0.1) is 0 Å². The lowest BCUT2D eigenvalue weighted by Gasteiger charge is -2.35. The molecule has 2 atom stereocenters. The summed E-state index contributed by atoms with van der Waals surface area (Å²) in [5, 5.41) is 40.7. The first kappa shape index (κ1) is 21.9. The standard InChI is InChI=1S/C21H20O8/c1-11-9-10-15(13(3)12(11)2)17(23)21(29,19(26)27)20(28,18(24)25)16(22)14-7-5-4-6-8-14/h4-10,28-29H,1-3H3,(H,24,25)(H,26,27)/t20-,21-/m1/s1. The lowest BCUT2D eigenvalue weighted by Crippen LogP contribution is -2.71. The van der Waals surface area contributed by atoms with Crippen LogP contribution >= 0.6 is 0 Å². The zero-order chi connectivity index (χ0) is 22.1. The third-order valence-electron chi connectivity index (χ3n) is 5.14. The van der Waals surface area contributed by atoms with E-state index >= 15 is 0 Å². The van der Waals surface area contributed by atoms with E-state index in [0.29, 0.717) is 5.56 Å². The SMILES string of the molecule is Cc1ccc(C(=O)[C@@](O)(C(=O)O)[C@](O)(C(=O)O)C(=O)c2ccccc2)c(C)c1C. The van der Waals surface area contributed by atoms with Gasteiger partial charge < -0.3 is 20.4 Å². The molecule has 0 saturated heterocycles. The Morgan fingerprint density at radius 1 is 0.690 bits per heavy atom. The molecule has 2 rings (SSSR count). The van der Waals surface area contributed by atoms with Crippen molar-refractivity contribution in [2.75, 3.05) is 0 Å². The van der Waals surface area contributed by atoms with E-state index in [1.165, 1.54) is 37.3 Å². The highest BCUT2D eigenvalue weighted by atomic mass is 16.5. The summed E-state index contributed by atoms with van der Waals surface area (Å²) in [6.45, 7) is 4.88. The van der Waals surface area contributed by atoms with Gasteiger partial charge in [0.15, 0.2) is 0 Å². The number of carbonyl (C=O) groups excluding carboxylic acids is 2. The average molecular weight is 400 g/mol. The molecule has 4 N–H and O–H groups in total. The van der Waals surface area contributed by atoms with Crippen LogP contribution in [0.25, 0.3) is 0 Å². The number of aryl methyl sites for hydroxylation is 1. The van der Waals surface area contributed by atoms with Crippen molar-refractivity contribution in [1.29, 1.82) is 0 Å². The van der Waals surface area contributed by atoms with E-state index in [0.717, 1.165) is 17.7 Å². The van der Waals surface area contributed by atoms with Crippen molar-refractivity contribution < 1.29 is 39.6 Å². The van der Waals surface area contributed by atoms with Gasteiger partial charge >= 0.3 is 11.9 Å². The first-order valence-electron chi connectivity index (χ1n) is 8.53. The van der Waals surface area contributed by atoms with Crippen LogP contribution in [0, 0.1) is 20.8 Å². The molecule has 8 heteroatoms. The monoisotopic (exact) mass is 400 g/mol. The number of carboxylic acid groups (broad SMARTS) is 2. The van der Waals surface area contributed by atoms with Gasteiger partial charge in [0.25, 0.3) is 11.2 Å². The maximum Gasteiger partial charge on any atom is 0.348 e. The van der Waals surface area contributed by atoms with Gasteiger partial charge in [-0.3, -0.25) is 9.59 Å². The summed E-state index contributed by atoms with van der Waals surface area (Å²) >= 11 is 0. The molecule has 0 unspecified atom stereocenters. The topological polar surface area (TPSA) is 149 Å². The Bertz CT molecular complexity index is 1010. The summed E-state index contributed by atoms with van der Waals surface area (Å²) in [4.78, 5) is 49.7. The minimum Gasteiger partial charge on any atom is -0.479 e. The summed E-state index contributed by atoms with van der Waals surface area (Å²) in [6, 6.07) is 9.16. The molecule has 0 aliphatic carbocycles. The van der Waals surface area contributed by atoms with Crippen LogP contribution in [0.1, 0.15) is 37.4 Å². The fourth-order valence-corrected chi connectivity index (χ4v) is 3.03. The van der Waals surface area contributed by atoms with Crippen LogP contribution in [-0.4, -0.2) is 55.1 Å². The highest BCUT2D eigenvalue weighted by Crippen LogP contribution is 2.33. The van der Waals surface area contributed by atoms with E-state index in [1.807, 2.05) is 0 Å². The molecule has 2 aromatic rings. The van der Waals surface area contributed by atoms with Gasteiger partial charge in [0.1, 0.15) is 0 Å². The van der Waals surface area contributed by atoms with E-state index < -0.39 is 34.7 Å². The molecule has 152 valence electrons. The number of hydrogen-bond acceptors (Lipinski definition) is 6. The molecule has 2 aromatic carbocycles. The lowest BCUT2D eigenvalue weighted by molar-refractivity contribution is -0.187. The lowest BCUT2D eigenvalue weighted by atomic mass is 9.72. The highest BCUT2D eigenvalue weighted by Gasteiger charge is 2.70. The van der Waals surface area contributed by atoms with Crippen molar-refractivity contribution in [3.63, 3.8) is 0 Å². The Kier molecular flexibility index (Phi) is 5.73. The Labute approximate surface area is 166 Å². The van der Waals surface area contributed by atoms with Crippen LogP contribution in [-0.2, 0) is 9.59 Å². The second kappa shape index (κ2) is 7.57. The van der Waals surface area contributed by atoms with Crippen molar-refractivity contribution in [2.24, 2.45) is 0 Å². The van der Waals surface area contributed by atoms with E-state index in [-0.39, 0.29) is 16.7 Å². The molecule has 0 aliphatic rings. The molecule has 0 fully saturated rings. The molecule has 0 heterocycles. The Hall–Kier alpha value is -3.36. The largest absolute Gasteiger partial charge is 0.479 e. The first-order valence-corrected chi connectivity index (χ1v) is 8.53. The maximum absolute atomic E-state index is 13.1. The predicted molar refractivity (Wildman–Crippen MR) is 101 cm³/mol. The smallest absolute Gasteiger partial charge is 0.348 e. The van der Waals surface area contributed by atoms with Crippen molar-refractivity contribution in [3.05, 3.63) is 70.3 Å². The van der Waals surface area contributed by atoms with Gasteiger partial charge in [0.05, 0.1) is 0 Å². The zero-order valence-electron chi connectivity index (χ0n) is 16.0. The second-order valence-corrected chi connectivity index (χ2v) is 6.74. The fourth-order valence-electron chi connectivity index (χ4n) is 3.03. The quantitative estimate of drug-likeness (QED) is 0.401. The number of ketones is 2. The van der Waals surface area contributed by atoms with Gasteiger partial charge in [-0.25, -0.2) is 9.59 Å². The highest BCUT2D eigenvalue weighted by molar-refractivity contribution is 6.28. The summed E-state index contributed by atoms with van der Waals surface area (Å²) in [6.07, 6.45) is 0. The number of carboxylic acids is 2. The van der Waals surface area contributed by atoms with Gasteiger partial charge in [0, 0.05) is 11.1 Å². The normalized spacial score (nSPS) is 15.1. The van der Waals surface area contributed by atoms with Crippen LogP contribution in [0.5, 0.6) is 0 Å². The number of hydrogen-bond donors (Lipinski definition) is 4. The summed E-state index contributed by atoms with van der Waals surface area (Å²) in [5.74, 6) is -7.98. The van der Waals surface area contributed by atoms with Crippen molar-refractivity contribution in [3.8, 4) is 0 Å². The van der Waals surface area contributed by atoms with Crippen LogP contribution in [0.15, 0.2) is 42.5 Å². The molecule has 8 nitrogen and oxygen atoms in total. The summed E-state index contributed by atoms with van der Waals surface area (Å²) < 4.78 is 0. The van der Waals surface area contributed by atoms with Gasteiger partial charge in [-0.2, -0.15) is 0 Å². The predicted octanol–water partition coefficient (Wildman–Crippen LogP) is 1.31. The molecule has 0 aliphatic heterocycles. The number of Topliss-reactive ketones (excluding diaryl/α,β-unsaturated/α-hetero) is 2. The average Bonchev–Trinajstić information content (AvgIpc) is 2.70. The zero-order valence-corrected chi connectivity index (χ0v) is 16.0. The van der Waals surface area contributed by atoms with E-state index in [2.05, 4.69) is 0 Å². The van der Waals surface area contributed by atoms with Gasteiger partial charge in [-0.1, -0.05) is 42.5 Å². The van der Waals surface area contributed by atoms with Gasteiger partial charge in [0.2, 0.25) is 11.6 Å². The Balaban J connectivity index is 2.78. The summed E-state index contributed by atoms with van der Waals surface area (Å²) in [7, 11) is 0. The van der Waals surface area contributed by atoms with E-state index in [9.17, 15) is 39.6 Å². The minimum atomic E-state index is -3.97. The molecule has 0 saturated carbocycles. The molecule has 0 aromatic heterocycles. The molecule has 0 amide bonds. The van der Waals surface area contributed by atoms with Crippen molar-refractivity contribution in [1.82, 2.24) is 0 Å². The third kappa shape index (κ3) is 3.22. The van der Waals surface area contributed by atoms with Gasteiger partial charge in [-0.05, 0) is 37.5 Å². The number of aliphatic carboxylic acids is 2. The Morgan fingerprint density at radius 2 is 1.17 bits per heavy atom. The molecule has 0 bridgehead atoms. The summed E-state index contributed by atoms with van der Waals surface area (Å²) in [5.41, 5.74) is -6.99. The fraction of sp³-hybridized carbons (Fsp3) is 0.238. The molecule has 29 heavy (non-hydrogen) atoms. The van der Waals surface area contributed by atoms with Crippen molar-refractivity contribution >= 4 is 23.5 Å². The van der Waals surface area contributed by atoms with Crippen LogP contribution in [0.2, 0.25) is 0 Å². The Morgan fingerprint density at radius 3 is 1.66 bits per heavy atom. The van der Waals surface area contributed by atoms with E-state index in [1.54, 1.807) is 13.8 Å². The molecule has 0 radical (unpaired) electrons. The van der Waals surface area contributed by atoms with Crippen molar-refractivity contribution in [2.45, 2.75) is 32.0 Å². The number of benzene rings is 2. The van der Waals surface area contributed by atoms with Crippen LogP contribution in [0.4, 0.5) is 0 Å². The van der Waals surface area contributed by atoms with Crippen LogP contribution < -0.4 is 0 Å². The van der Waals surface area contributed by atoms with Crippen LogP contribution in [0.3, 0.4) is 0 Å². The third-order valence-corrected chi connectivity index (χ3v) is 5.14. The first-order chi connectivity index (χ1) is 13.4. The van der Waals surface area contributed by atoms with E-state index in [4.69, 9.17) is 0 Å². The number of carbonyl (C=O) groups is 4. The number of rotatable bonds is 7. The molecule has 0 spiro atoms.